The molecule has 1 heteroatoms. The predicted octanol–water partition coefficient (Wildman–Crippen LogP) is 3.71. The van der Waals surface area contributed by atoms with Crippen LogP contribution in [-0.2, 0) is 6.42 Å². The lowest BCUT2D eigenvalue weighted by molar-refractivity contribution is 0.393. The Kier molecular flexibility index (Phi) is 2.99. The summed E-state index contributed by atoms with van der Waals surface area (Å²) in [6, 6.07) is 9.32. The Hall–Kier alpha value is -0.980. The summed E-state index contributed by atoms with van der Waals surface area (Å²) in [6.07, 6.45) is 2.51. The molecule has 1 aromatic rings. The molecule has 0 amide bonds. The molecule has 0 radical (unpaired) electrons. The Labute approximate surface area is 92.9 Å². The molecule has 82 valence electrons. The normalized spacial score (nSPS) is 21.2. The first-order valence-electron chi connectivity index (χ1n) is 6.01. The van der Waals surface area contributed by atoms with E-state index < -0.39 is 0 Å². The van der Waals surface area contributed by atoms with Gasteiger partial charge in [0.25, 0.3) is 0 Å². The molecule has 2 unspecified atom stereocenters. The molecule has 0 bridgehead atoms. The summed E-state index contributed by atoms with van der Waals surface area (Å²) in [6.45, 7) is 6.97. The van der Waals surface area contributed by atoms with Crippen molar-refractivity contribution in [2.45, 2.75) is 39.7 Å². The number of rotatable bonds is 3. The summed E-state index contributed by atoms with van der Waals surface area (Å²) in [7, 11) is 0. The largest absolute Gasteiger partial charge is 0.381 e. The van der Waals surface area contributed by atoms with E-state index in [1.807, 2.05) is 0 Å². The van der Waals surface area contributed by atoms with Crippen LogP contribution in [0, 0.1) is 11.8 Å². The van der Waals surface area contributed by atoms with Gasteiger partial charge in [0.2, 0.25) is 0 Å². The van der Waals surface area contributed by atoms with Gasteiger partial charge in [-0.15, -0.1) is 0 Å². The van der Waals surface area contributed by atoms with Crippen LogP contribution in [-0.4, -0.2) is 6.04 Å². The molecular formula is C14H21N. The second-order valence-electron chi connectivity index (χ2n) is 5.22. The van der Waals surface area contributed by atoms with Gasteiger partial charge < -0.3 is 5.32 Å². The zero-order valence-corrected chi connectivity index (χ0v) is 9.96. The smallest absolute Gasteiger partial charge is 0.0375 e. The van der Waals surface area contributed by atoms with E-state index in [0.29, 0.717) is 6.04 Å². The molecule has 0 saturated heterocycles. The van der Waals surface area contributed by atoms with Gasteiger partial charge in [0.05, 0.1) is 0 Å². The van der Waals surface area contributed by atoms with Gasteiger partial charge in [-0.25, -0.2) is 0 Å². The maximum atomic E-state index is 3.64. The molecule has 2 rings (SSSR count). The second-order valence-corrected chi connectivity index (χ2v) is 5.22. The molecule has 1 aliphatic heterocycles. The molecule has 15 heavy (non-hydrogen) atoms. The fourth-order valence-electron chi connectivity index (χ4n) is 2.58. The van der Waals surface area contributed by atoms with Crippen LogP contribution in [0.5, 0.6) is 0 Å². The van der Waals surface area contributed by atoms with E-state index in [1.165, 1.54) is 24.1 Å². The molecule has 1 aliphatic rings. The molecule has 1 nitrogen and oxygen atoms in total. The molecule has 0 saturated carbocycles. The first-order valence-corrected chi connectivity index (χ1v) is 6.01. The summed E-state index contributed by atoms with van der Waals surface area (Å²) >= 11 is 0. The van der Waals surface area contributed by atoms with Crippen molar-refractivity contribution in [3.63, 3.8) is 0 Å². The molecule has 0 aliphatic carbocycles. The van der Waals surface area contributed by atoms with E-state index in [4.69, 9.17) is 0 Å². The predicted molar refractivity (Wildman–Crippen MR) is 66.2 cm³/mol. The standard InChI is InChI=1S/C14H21N/c1-10(2)8-11(3)14-9-12-6-4-5-7-13(12)15-14/h4-7,10-11,14-15H,8-9H2,1-3H3. The van der Waals surface area contributed by atoms with Crippen molar-refractivity contribution in [2.75, 3.05) is 5.32 Å². The van der Waals surface area contributed by atoms with E-state index in [-0.39, 0.29) is 0 Å². The minimum absolute atomic E-state index is 0.643. The summed E-state index contributed by atoms with van der Waals surface area (Å²) in [5, 5.41) is 3.64. The Morgan fingerprint density at radius 1 is 1.27 bits per heavy atom. The Morgan fingerprint density at radius 2 is 2.00 bits per heavy atom. The number of fused-ring (bicyclic) bond motifs is 1. The van der Waals surface area contributed by atoms with Gasteiger partial charge in [0, 0.05) is 11.7 Å². The first kappa shape index (κ1) is 10.5. The van der Waals surface area contributed by atoms with Crippen LogP contribution >= 0.6 is 0 Å². The molecular weight excluding hydrogens is 182 g/mol. The number of anilines is 1. The van der Waals surface area contributed by atoms with Crippen molar-refractivity contribution in [1.82, 2.24) is 0 Å². The lowest BCUT2D eigenvalue weighted by Gasteiger charge is -2.21. The van der Waals surface area contributed by atoms with E-state index in [9.17, 15) is 0 Å². The van der Waals surface area contributed by atoms with Gasteiger partial charge in [-0.05, 0) is 36.3 Å². The van der Waals surface area contributed by atoms with Crippen molar-refractivity contribution in [3.05, 3.63) is 29.8 Å². The average molecular weight is 203 g/mol. The highest BCUT2D eigenvalue weighted by Gasteiger charge is 2.25. The van der Waals surface area contributed by atoms with Crippen molar-refractivity contribution >= 4 is 5.69 Å². The topological polar surface area (TPSA) is 12.0 Å². The highest BCUT2D eigenvalue weighted by molar-refractivity contribution is 5.56. The zero-order chi connectivity index (χ0) is 10.8. The van der Waals surface area contributed by atoms with Gasteiger partial charge in [-0.3, -0.25) is 0 Å². The van der Waals surface area contributed by atoms with Gasteiger partial charge in [0.15, 0.2) is 0 Å². The van der Waals surface area contributed by atoms with Crippen LogP contribution in [0.4, 0.5) is 5.69 Å². The van der Waals surface area contributed by atoms with Crippen LogP contribution in [0.3, 0.4) is 0 Å². The van der Waals surface area contributed by atoms with Gasteiger partial charge >= 0.3 is 0 Å². The van der Waals surface area contributed by atoms with Crippen molar-refractivity contribution in [3.8, 4) is 0 Å². The number of nitrogens with one attached hydrogen (secondary N) is 1. The monoisotopic (exact) mass is 203 g/mol. The lowest BCUT2D eigenvalue weighted by Crippen LogP contribution is -2.25. The number of hydrogen-bond acceptors (Lipinski definition) is 1. The second kappa shape index (κ2) is 4.26. The quantitative estimate of drug-likeness (QED) is 0.789. The molecule has 2 atom stereocenters. The highest BCUT2D eigenvalue weighted by Crippen LogP contribution is 2.30. The summed E-state index contributed by atoms with van der Waals surface area (Å²) < 4.78 is 0. The van der Waals surface area contributed by atoms with Gasteiger partial charge in [-0.1, -0.05) is 39.0 Å². The van der Waals surface area contributed by atoms with Crippen LogP contribution < -0.4 is 5.32 Å². The fraction of sp³-hybridized carbons (Fsp3) is 0.571. The molecule has 1 aromatic carbocycles. The summed E-state index contributed by atoms with van der Waals surface area (Å²) in [5.74, 6) is 1.56. The van der Waals surface area contributed by atoms with E-state index in [2.05, 4.69) is 50.4 Å². The third-order valence-corrected chi connectivity index (χ3v) is 3.33. The van der Waals surface area contributed by atoms with Crippen LogP contribution in [0.1, 0.15) is 32.8 Å². The Morgan fingerprint density at radius 3 is 2.67 bits per heavy atom. The molecule has 0 spiro atoms. The zero-order valence-electron chi connectivity index (χ0n) is 9.96. The average Bonchev–Trinajstić information content (AvgIpc) is 2.59. The van der Waals surface area contributed by atoms with E-state index >= 15 is 0 Å². The Bertz CT molecular complexity index is 305. The third kappa shape index (κ3) is 2.34. The maximum absolute atomic E-state index is 3.64. The highest BCUT2D eigenvalue weighted by atomic mass is 15.0. The third-order valence-electron chi connectivity index (χ3n) is 3.33. The van der Waals surface area contributed by atoms with E-state index in [1.54, 1.807) is 0 Å². The number of hydrogen-bond donors (Lipinski definition) is 1. The van der Waals surface area contributed by atoms with Crippen LogP contribution in [0.25, 0.3) is 0 Å². The molecule has 1 heterocycles. The first-order chi connectivity index (χ1) is 7.16. The van der Waals surface area contributed by atoms with Crippen LogP contribution in [0.2, 0.25) is 0 Å². The SMILES string of the molecule is CC(C)CC(C)C1Cc2ccccc2N1. The van der Waals surface area contributed by atoms with Crippen molar-refractivity contribution in [2.24, 2.45) is 11.8 Å². The summed E-state index contributed by atoms with van der Waals surface area (Å²) in [4.78, 5) is 0. The minimum Gasteiger partial charge on any atom is -0.381 e. The van der Waals surface area contributed by atoms with Gasteiger partial charge in [-0.2, -0.15) is 0 Å². The molecule has 1 N–H and O–H groups in total. The molecule has 0 aromatic heterocycles. The summed E-state index contributed by atoms with van der Waals surface area (Å²) in [5.41, 5.74) is 2.83. The van der Waals surface area contributed by atoms with Gasteiger partial charge in [0.1, 0.15) is 0 Å². The number of benzene rings is 1. The number of para-hydroxylation sites is 1. The molecule has 0 fully saturated rings. The van der Waals surface area contributed by atoms with Crippen molar-refractivity contribution < 1.29 is 0 Å². The lowest BCUT2D eigenvalue weighted by atomic mass is 9.90. The van der Waals surface area contributed by atoms with E-state index in [0.717, 1.165) is 11.8 Å². The van der Waals surface area contributed by atoms with Crippen molar-refractivity contribution in [1.29, 1.82) is 0 Å². The Balaban J connectivity index is 2.00. The minimum atomic E-state index is 0.643. The fourth-order valence-corrected chi connectivity index (χ4v) is 2.58. The van der Waals surface area contributed by atoms with Crippen LogP contribution in [0.15, 0.2) is 24.3 Å². The maximum Gasteiger partial charge on any atom is 0.0375 e.